The van der Waals surface area contributed by atoms with E-state index in [-0.39, 0.29) is 36.9 Å². The van der Waals surface area contributed by atoms with Crippen molar-refractivity contribution in [3.05, 3.63) is 58.0 Å². The molecule has 1 amide bonds. The summed E-state index contributed by atoms with van der Waals surface area (Å²) in [5, 5.41) is 2.44. The summed E-state index contributed by atoms with van der Waals surface area (Å²) in [4.78, 5) is 35.9. The zero-order valence-corrected chi connectivity index (χ0v) is 19.3. The summed E-state index contributed by atoms with van der Waals surface area (Å²) in [6, 6.07) is 5.45. The summed E-state index contributed by atoms with van der Waals surface area (Å²) >= 11 is 0. The summed E-state index contributed by atoms with van der Waals surface area (Å²) in [7, 11) is -3.81. The minimum Gasteiger partial charge on any atom is -0.454 e. The molecule has 2 heterocycles. The van der Waals surface area contributed by atoms with Gasteiger partial charge in [0.15, 0.2) is 6.61 Å². The molecular formula is C21H22F3N3O7S. The molecule has 0 radical (unpaired) electrons. The number of halogens is 3. The lowest BCUT2D eigenvalue weighted by atomic mass is 10.2. The van der Waals surface area contributed by atoms with Crippen LogP contribution < -0.4 is 10.9 Å². The minimum atomic E-state index is -4.71. The standard InChI is InChI=1S/C21H22F3N3O7S/c1-14-2-4-16(35(31,32)27-6-8-33-9-7-27)10-17(14)25-18(28)13-34-20(30)12-26-11-15(21(22,23)24)3-5-19(26)29/h2-5,10-11H,6-9,12-13H2,1H3,(H,25,28). The van der Waals surface area contributed by atoms with Crippen LogP contribution in [0.5, 0.6) is 0 Å². The van der Waals surface area contributed by atoms with Gasteiger partial charge in [-0.1, -0.05) is 6.07 Å². The highest BCUT2D eigenvalue weighted by Crippen LogP contribution is 2.28. The Bertz CT molecular complexity index is 1270. The van der Waals surface area contributed by atoms with Crippen LogP contribution >= 0.6 is 0 Å². The van der Waals surface area contributed by atoms with Gasteiger partial charge in [0.2, 0.25) is 10.0 Å². The van der Waals surface area contributed by atoms with Crippen molar-refractivity contribution in [1.29, 1.82) is 0 Å². The lowest BCUT2D eigenvalue weighted by Gasteiger charge is -2.26. The third-order valence-electron chi connectivity index (χ3n) is 5.07. The molecule has 3 rings (SSSR count). The van der Waals surface area contributed by atoms with Crippen LogP contribution in [0.2, 0.25) is 0 Å². The predicted molar refractivity (Wildman–Crippen MR) is 116 cm³/mol. The Balaban J connectivity index is 1.62. The molecular weight excluding hydrogens is 495 g/mol. The Morgan fingerprint density at radius 2 is 1.83 bits per heavy atom. The van der Waals surface area contributed by atoms with E-state index in [2.05, 4.69) is 5.32 Å². The van der Waals surface area contributed by atoms with Crippen molar-refractivity contribution >= 4 is 27.6 Å². The van der Waals surface area contributed by atoms with Crippen molar-refractivity contribution in [3.63, 3.8) is 0 Å². The number of pyridine rings is 1. The molecule has 35 heavy (non-hydrogen) atoms. The van der Waals surface area contributed by atoms with Crippen LogP contribution in [0.3, 0.4) is 0 Å². The van der Waals surface area contributed by atoms with Crippen LogP contribution in [0.1, 0.15) is 11.1 Å². The average molecular weight is 517 g/mol. The van der Waals surface area contributed by atoms with Crippen LogP contribution in [-0.2, 0) is 41.8 Å². The fourth-order valence-corrected chi connectivity index (χ4v) is 4.61. The van der Waals surface area contributed by atoms with Gasteiger partial charge in [0, 0.05) is 31.0 Å². The number of aryl methyl sites for hydroxylation is 1. The third-order valence-corrected chi connectivity index (χ3v) is 6.96. The highest BCUT2D eigenvalue weighted by Gasteiger charge is 2.31. The molecule has 1 N–H and O–H groups in total. The second kappa shape index (κ2) is 10.6. The second-order valence-corrected chi connectivity index (χ2v) is 9.52. The zero-order chi connectivity index (χ0) is 25.8. The smallest absolute Gasteiger partial charge is 0.417 e. The van der Waals surface area contributed by atoms with Gasteiger partial charge in [-0.25, -0.2) is 8.42 Å². The first kappa shape index (κ1) is 26.4. The van der Waals surface area contributed by atoms with Gasteiger partial charge in [0.25, 0.3) is 11.5 Å². The van der Waals surface area contributed by atoms with Crippen molar-refractivity contribution < 1.29 is 40.7 Å². The van der Waals surface area contributed by atoms with E-state index >= 15 is 0 Å². The van der Waals surface area contributed by atoms with Gasteiger partial charge in [-0.2, -0.15) is 17.5 Å². The summed E-state index contributed by atoms with van der Waals surface area (Å²) in [5.74, 6) is -1.92. The maximum Gasteiger partial charge on any atom is 0.417 e. The fourth-order valence-electron chi connectivity index (χ4n) is 3.17. The molecule has 190 valence electrons. The molecule has 1 saturated heterocycles. The van der Waals surface area contributed by atoms with Gasteiger partial charge in [0.1, 0.15) is 6.54 Å². The van der Waals surface area contributed by atoms with E-state index in [9.17, 15) is 36.0 Å². The first-order valence-electron chi connectivity index (χ1n) is 10.3. The number of ether oxygens (including phenoxy) is 2. The number of sulfonamides is 1. The number of carbonyl (C=O) groups is 2. The number of amides is 1. The highest BCUT2D eigenvalue weighted by molar-refractivity contribution is 7.89. The maximum atomic E-state index is 12.8. The monoisotopic (exact) mass is 517 g/mol. The quantitative estimate of drug-likeness (QED) is 0.551. The SMILES string of the molecule is Cc1ccc(S(=O)(=O)N2CCOCC2)cc1NC(=O)COC(=O)Cn1cc(C(F)(F)F)ccc1=O. The number of esters is 1. The van der Waals surface area contributed by atoms with Crippen molar-refractivity contribution in [2.24, 2.45) is 0 Å². The fraction of sp³-hybridized carbons (Fsp3) is 0.381. The van der Waals surface area contributed by atoms with E-state index in [0.29, 0.717) is 28.5 Å². The Labute approximate surface area is 198 Å². The Morgan fingerprint density at radius 1 is 1.14 bits per heavy atom. The summed E-state index contributed by atoms with van der Waals surface area (Å²) in [5.41, 5.74) is -1.26. The Hall–Kier alpha value is -3.23. The van der Waals surface area contributed by atoms with Crippen molar-refractivity contribution in [2.45, 2.75) is 24.5 Å². The number of nitrogens with zero attached hydrogens (tertiary/aromatic N) is 2. The normalized spacial score (nSPS) is 15.0. The molecule has 0 saturated carbocycles. The first-order chi connectivity index (χ1) is 16.4. The van der Waals surface area contributed by atoms with Crippen LogP contribution in [0.4, 0.5) is 18.9 Å². The number of hydrogen-bond donors (Lipinski definition) is 1. The lowest BCUT2D eigenvalue weighted by Crippen LogP contribution is -2.40. The number of nitrogens with one attached hydrogen (secondary N) is 1. The van der Waals surface area contributed by atoms with E-state index in [1.165, 1.54) is 22.5 Å². The van der Waals surface area contributed by atoms with Gasteiger partial charge in [-0.3, -0.25) is 14.4 Å². The number of carbonyl (C=O) groups excluding carboxylic acids is 2. The number of alkyl halides is 3. The molecule has 2 aromatic rings. The third kappa shape index (κ3) is 6.68. The maximum absolute atomic E-state index is 12.8. The van der Waals surface area contributed by atoms with Crippen molar-refractivity contribution in [2.75, 3.05) is 38.2 Å². The Kier molecular flexibility index (Phi) is 7.97. The van der Waals surface area contributed by atoms with E-state index in [1.807, 2.05) is 0 Å². The number of benzene rings is 1. The predicted octanol–water partition coefficient (Wildman–Crippen LogP) is 1.38. The van der Waals surface area contributed by atoms with E-state index in [0.717, 1.165) is 0 Å². The van der Waals surface area contributed by atoms with Gasteiger partial charge >= 0.3 is 12.1 Å². The number of morpholine rings is 1. The van der Waals surface area contributed by atoms with Crippen molar-refractivity contribution in [3.8, 4) is 0 Å². The Morgan fingerprint density at radius 3 is 2.49 bits per heavy atom. The van der Waals surface area contributed by atoms with Crippen LogP contribution in [-0.4, -0.2) is 62.1 Å². The molecule has 0 bridgehead atoms. The molecule has 0 aliphatic carbocycles. The topological polar surface area (TPSA) is 124 Å². The van der Waals surface area contributed by atoms with Gasteiger partial charge in [-0.05, 0) is 30.7 Å². The molecule has 1 aromatic heterocycles. The molecule has 10 nitrogen and oxygen atoms in total. The van der Waals surface area contributed by atoms with E-state index in [4.69, 9.17) is 9.47 Å². The highest BCUT2D eigenvalue weighted by atomic mass is 32.2. The summed E-state index contributed by atoms with van der Waals surface area (Å²) in [6.07, 6.45) is -4.23. The molecule has 0 spiro atoms. The molecule has 0 atom stereocenters. The van der Waals surface area contributed by atoms with Gasteiger partial charge in [0.05, 0.1) is 23.7 Å². The van der Waals surface area contributed by atoms with E-state index < -0.39 is 52.4 Å². The molecule has 1 aromatic carbocycles. The minimum absolute atomic E-state index is 0.0405. The van der Waals surface area contributed by atoms with Crippen LogP contribution in [0.15, 0.2) is 46.2 Å². The number of hydrogen-bond acceptors (Lipinski definition) is 7. The molecule has 0 unspecified atom stereocenters. The van der Waals surface area contributed by atoms with Crippen molar-refractivity contribution in [1.82, 2.24) is 8.87 Å². The largest absolute Gasteiger partial charge is 0.454 e. The molecule has 1 aliphatic rings. The molecule has 1 aliphatic heterocycles. The second-order valence-electron chi connectivity index (χ2n) is 7.58. The molecule has 14 heteroatoms. The zero-order valence-electron chi connectivity index (χ0n) is 18.5. The summed E-state index contributed by atoms with van der Waals surface area (Å²) < 4.78 is 75.8. The van der Waals surface area contributed by atoms with Gasteiger partial charge in [-0.15, -0.1) is 0 Å². The lowest BCUT2D eigenvalue weighted by molar-refractivity contribution is -0.148. The van der Waals surface area contributed by atoms with Crippen LogP contribution in [0, 0.1) is 6.92 Å². The number of rotatable bonds is 7. The number of aromatic nitrogens is 1. The number of anilines is 1. The summed E-state index contributed by atoms with van der Waals surface area (Å²) in [6.45, 7) is 0.937. The molecule has 1 fully saturated rings. The first-order valence-corrected chi connectivity index (χ1v) is 11.7. The van der Waals surface area contributed by atoms with E-state index in [1.54, 1.807) is 6.92 Å². The van der Waals surface area contributed by atoms with Crippen LogP contribution in [0.25, 0.3) is 0 Å². The van der Waals surface area contributed by atoms with Gasteiger partial charge < -0.3 is 19.4 Å². The average Bonchev–Trinajstić information content (AvgIpc) is 2.80.